The lowest BCUT2D eigenvalue weighted by Gasteiger charge is -2.25. The Morgan fingerprint density at radius 2 is 1.80 bits per heavy atom. The lowest BCUT2D eigenvalue weighted by molar-refractivity contribution is -0.140. The van der Waals surface area contributed by atoms with Crippen LogP contribution in [0.3, 0.4) is 0 Å². The molecule has 1 fully saturated rings. The fraction of sp³-hybridized carbons (Fsp3) is 0.556. The van der Waals surface area contributed by atoms with E-state index in [4.69, 9.17) is 10.2 Å². The summed E-state index contributed by atoms with van der Waals surface area (Å²) < 4.78 is 0. The second-order valence-electron chi connectivity index (χ2n) is 6.50. The van der Waals surface area contributed by atoms with Crippen molar-refractivity contribution in [3.63, 3.8) is 0 Å². The summed E-state index contributed by atoms with van der Waals surface area (Å²) in [7, 11) is 0. The van der Waals surface area contributed by atoms with Crippen LogP contribution in [0, 0.1) is 0 Å². The summed E-state index contributed by atoms with van der Waals surface area (Å²) in [6.07, 6.45) is 2.64. The Balaban J connectivity index is 0.000000181. The minimum atomic E-state index is -0.770. The van der Waals surface area contributed by atoms with Gasteiger partial charge >= 0.3 is 11.9 Å². The van der Waals surface area contributed by atoms with E-state index in [1.165, 1.54) is 5.56 Å². The van der Waals surface area contributed by atoms with Gasteiger partial charge in [-0.1, -0.05) is 24.3 Å². The predicted molar refractivity (Wildman–Crippen MR) is 94.5 cm³/mol. The first-order valence-corrected chi connectivity index (χ1v) is 8.70. The van der Waals surface area contributed by atoms with Crippen LogP contribution in [0.2, 0.25) is 0 Å². The van der Waals surface area contributed by atoms with Gasteiger partial charge in [-0.2, -0.15) is 0 Å². The van der Waals surface area contributed by atoms with Gasteiger partial charge in [0.05, 0.1) is 0 Å². The summed E-state index contributed by atoms with van der Waals surface area (Å²) in [5.41, 5.74) is 2.36. The molecular formula is C18H27N3O4. The van der Waals surface area contributed by atoms with E-state index in [0.717, 1.165) is 31.5 Å². The van der Waals surface area contributed by atoms with E-state index in [9.17, 15) is 9.59 Å². The summed E-state index contributed by atoms with van der Waals surface area (Å²) in [5, 5.41) is 26.7. The molecule has 3 rings (SSSR count). The molecule has 1 saturated heterocycles. The summed E-state index contributed by atoms with van der Waals surface area (Å²) in [6.45, 7) is 4.32. The maximum atomic E-state index is 10.7. The van der Waals surface area contributed by atoms with Crippen molar-refractivity contribution in [1.82, 2.24) is 16.0 Å². The standard InChI is InChI=1S/C10H11NO2.C8H16N2O2/c12-10(13)9-5-7-3-1-2-4-8(7)6-11-9;1-6(8(11)12)10-7-2-4-9-5-3-7/h1-4,9,11H,5-6H2,(H,12,13);6-7,9-10H,2-5H2,1H3,(H,11,12). The molecule has 2 aliphatic heterocycles. The molecule has 0 aromatic heterocycles. The lowest BCUT2D eigenvalue weighted by Crippen LogP contribution is -2.46. The molecule has 7 heteroatoms. The van der Waals surface area contributed by atoms with Crippen molar-refractivity contribution >= 4 is 11.9 Å². The first-order chi connectivity index (χ1) is 12.0. The second kappa shape index (κ2) is 9.50. The molecule has 0 radical (unpaired) electrons. The van der Waals surface area contributed by atoms with Crippen LogP contribution in [-0.4, -0.2) is 53.4 Å². The molecule has 0 spiro atoms. The van der Waals surface area contributed by atoms with Crippen molar-refractivity contribution in [3.05, 3.63) is 35.4 Å². The van der Waals surface area contributed by atoms with Crippen molar-refractivity contribution in [2.45, 2.75) is 50.9 Å². The van der Waals surface area contributed by atoms with Gasteiger partial charge in [-0.15, -0.1) is 0 Å². The molecule has 7 nitrogen and oxygen atoms in total. The minimum Gasteiger partial charge on any atom is -0.480 e. The third kappa shape index (κ3) is 6.12. The number of carbonyl (C=O) groups is 2. The molecule has 5 N–H and O–H groups in total. The monoisotopic (exact) mass is 349 g/mol. The molecule has 2 atom stereocenters. The summed E-state index contributed by atoms with van der Waals surface area (Å²) in [5.74, 6) is -1.54. The molecule has 1 aromatic rings. The van der Waals surface area contributed by atoms with Crippen LogP contribution >= 0.6 is 0 Å². The van der Waals surface area contributed by atoms with Crippen molar-refractivity contribution in [1.29, 1.82) is 0 Å². The van der Waals surface area contributed by atoms with Gasteiger partial charge in [0.25, 0.3) is 0 Å². The van der Waals surface area contributed by atoms with E-state index in [0.29, 0.717) is 19.0 Å². The van der Waals surface area contributed by atoms with Crippen LogP contribution in [0.25, 0.3) is 0 Å². The topological polar surface area (TPSA) is 111 Å². The van der Waals surface area contributed by atoms with E-state index in [1.807, 2.05) is 24.3 Å². The van der Waals surface area contributed by atoms with Crippen LogP contribution in [-0.2, 0) is 22.6 Å². The number of carboxylic acid groups (broad SMARTS) is 2. The number of benzene rings is 1. The van der Waals surface area contributed by atoms with Crippen LogP contribution in [0.15, 0.2) is 24.3 Å². The quantitative estimate of drug-likeness (QED) is 0.541. The van der Waals surface area contributed by atoms with Gasteiger partial charge in [0.1, 0.15) is 12.1 Å². The Morgan fingerprint density at radius 3 is 2.40 bits per heavy atom. The first kappa shape index (κ1) is 19.4. The number of nitrogens with one attached hydrogen (secondary N) is 3. The maximum Gasteiger partial charge on any atom is 0.321 e. The number of hydrogen-bond acceptors (Lipinski definition) is 5. The van der Waals surface area contributed by atoms with E-state index < -0.39 is 24.0 Å². The fourth-order valence-electron chi connectivity index (χ4n) is 3.04. The molecule has 0 amide bonds. The minimum absolute atomic E-state index is 0.373. The molecule has 25 heavy (non-hydrogen) atoms. The zero-order valence-corrected chi connectivity index (χ0v) is 14.5. The number of carboxylic acids is 2. The average molecular weight is 349 g/mol. The van der Waals surface area contributed by atoms with Crippen molar-refractivity contribution in [2.75, 3.05) is 13.1 Å². The van der Waals surface area contributed by atoms with Gasteiger partial charge < -0.3 is 26.2 Å². The smallest absolute Gasteiger partial charge is 0.321 e. The molecule has 1 aromatic carbocycles. The Hall–Kier alpha value is -1.96. The zero-order chi connectivity index (χ0) is 18.2. The zero-order valence-electron chi connectivity index (χ0n) is 14.5. The highest BCUT2D eigenvalue weighted by atomic mass is 16.4. The van der Waals surface area contributed by atoms with Gasteiger partial charge in [0, 0.05) is 12.6 Å². The van der Waals surface area contributed by atoms with Crippen molar-refractivity contribution in [3.8, 4) is 0 Å². The summed E-state index contributed by atoms with van der Waals surface area (Å²) in [6, 6.07) is 7.47. The Morgan fingerprint density at radius 1 is 1.16 bits per heavy atom. The maximum absolute atomic E-state index is 10.7. The number of piperidine rings is 1. The largest absolute Gasteiger partial charge is 0.480 e. The van der Waals surface area contributed by atoms with Crippen molar-refractivity contribution in [2.24, 2.45) is 0 Å². The SMILES string of the molecule is CC(NC1CCNCC1)C(=O)O.O=C(O)C1Cc2ccccc2CN1. The Bertz CT molecular complexity index is 587. The van der Waals surface area contributed by atoms with Crippen LogP contribution in [0.4, 0.5) is 0 Å². The number of aliphatic carboxylic acids is 2. The van der Waals surface area contributed by atoms with E-state index in [1.54, 1.807) is 6.92 Å². The van der Waals surface area contributed by atoms with Gasteiger partial charge in [0.2, 0.25) is 0 Å². The predicted octanol–water partition coefficient (Wildman–Crippen LogP) is 0.587. The summed E-state index contributed by atoms with van der Waals surface area (Å²) >= 11 is 0. The molecule has 0 saturated carbocycles. The molecule has 2 unspecified atom stereocenters. The van der Waals surface area contributed by atoms with Crippen LogP contribution < -0.4 is 16.0 Å². The fourth-order valence-corrected chi connectivity index (χ4v) is 3.04. The number of fused-ring (bicyclic) bond motifs is 1. The third-order valence-corrected chi connectivity index (χ3v) is 4.57. The number of hydrogen-bond donors (Lipinski definition) is 5. The molecule has 2 aliphatic rings. The van der Waals surface area contributed by atoms with Gasteiger partial charge in [-0.3, -0.25) is 9.59 Å². The van der Waals surface area contributed by atoms with E-state index in [2.05, 4.69) is 16.0 Å². The van der Waals surface area contributed by atoms with E-state index in [-0.39, 0.29) is 0 Å². The molecule has 138 valence electrons. The first-order valence-electron chi connectivity index (χ1n) is 8.70. The highest BCUT2D eigenvalue weighted by molar-refractivity contribution is 5.74. The summed E-state index contributed by atoms with van der Waals surface area (Å²) in [4.78, 5) is 21.2. The van der Waals surface area contributed by atoms with Crippen LogP contribution in [0.5, 0.6) is 0 Å². The van der Waals surface area contributed by atoms with Gasteiger partial charge in [0.15, 0.2) is 0 Å². The van der Waals surface area contributed by atoms with Crippen LogP contribution in [0.1, 0.15) is 30.9 Å². The van der Waals surface area contributed by atoms with Crippen molar-refractivity contribution < 1.29 is 19.8 Å². The Labute approximate surface area is 147 Å². The average Bonchev–Trinajstić information content (AvgIpc) is 2.62. The molecular weight excluding hydrogens is 322 g/mol. The molecule has 0 aliphatic carbocycles. The van der Waals surface area contributed by atoms with E-state index >= 15 is 0 Å². The molecule has 0 bridgehead atoms. The molecule has 2 heterocycles. The van der Waals surface area contributed by atoms with Gasteiger partial charge in [-0.05, 0) is 50.4 Å². The second-order valence-corrected chi connectivity index (χ2v) is 6.50. The highest BCUT2D eigenvalue weighted by Gasteiger charge is 2.22. The third-order valence-electron chi connectivity index (χ3n) is 4.57. The number of rotatable bonds is 4. The lowest BCUT2D eigenvalue weighted by atomic mass is 9.96. The normalized spacial score (nSPS) is 21.4. The Kier molecular flexibility index (Phi) is 7.36. The highest BCUT2D eigenvalue weighted by Crippen LogP contribution is 2.15. The van der Waals surface area contributed by atoms with Gasteiger partial charge in [-0.25, -0.2) is 0 Å².